The zero-order chi connectivity index (χ0) is 13.2. The van der Waals surface area contributed by atoms with Gasteiger partial charge in [-0.25, -0.2) is 9.78 Å². The molecule has 1 N–H and O–H groups in total. The molecule has 1 aromatic rings. The molecule has 0 bridgehead atoms. The van der Waals surface area contributed by atoms with Crippen LogP contribution in [0.3, 0.4) is 0 Å². The van der Waals surface area contributed by atoms with Crippen molar-refractivity contribution in [3.8, 4) is 12.3 Å². The van der Waals surface area contributed by atoms with Crippen LogP contribution in [0.2, 0.25) is 0 Å². The largest absolute Gasteiger partial charge is 0.462 e. The summed E-state index contributed by atoms with van der Waals surface area (Å²) in [5.41, 5.74) is 0.460. The van der Waals surface area contributed by atoms with E-state index >= 15 is 0 Å². The second-order valence-corrected chi connectivity index (χ2v) is 4.41. The number of nitrogens with zero attached hydrogens (tertiary/aromatic N) is 1. The number of carbonyl (C=O) groups is 1. The quantitative estimate of drug-likeness (QED) is 0.464. The molecule has 0 aliphatic carbocycles. The van der Waals surface area contributed by atoms with Crippen LogP contribution in [0.4, 0.5) is 5.82 Å². The van der Waals surface area contributed by atoms with E-state index in [0.29, 0.717) is 30.3 Å². The van der Waals surface area contributed by atoms with Crippen molar-refractivity contribution in [2.45, 2.75) is 6.92 Å². The van der Waals surface area contributed by atoms with E-state index in [1.54, 1.807) is 37.0 Å². The summed E-state index contributed by atoms with van der Waals surface area (Å²) in [6.45, 7) is 2.83. The molecule has 1 heterocycles. The van der Waals surface area contributed by atoms with Gasteiger partial charge in [0.1, 0.15) is 11.4 Å². The lowest BCUT2D eigenvalue weighted by Crippen LogP contribution is -2.13. The van der Waals surface area contributed by atoms with Gasteiger partial charge in [-0.3, -0.25) is 0 Å². The van der Waals surface area contributed by atoms with Gasteiger partial charge in [0.15, 0.2) is 0 Å². The second kappa shape index (κ2) is 8.43. The molecule has 0 unspecified atom stereocenters. The average molecular weight is 264 g/mol. The van der Waals surface area contributed by atoms with E-state index in [1.807, 2.05) is 0 Å². The molecule has 0 radical (unpaired) electrons. The Kier molecular flexibility index (Phi) is 6.74. The highest BCUT2D eigenvalue weighted by molar-refractivity contribution is 7.99. The standard InChI is InChI=1S/C13H16N2O2S/c1-3-9-18-10-8-15-12-11(6-5-7-14-12)13(16)17-4-2/h1,5-7H,4,8-10H2,2H3,(H,14,15). The monoisotopic (exact) mass is 264 g/mol. The fourth-order valence-electron chi connectivity index (χ4n) is 1.29. The lowest BCUT2D eigenvalue weighted by molar-refractivity contribution is 0.0527. The predicted molar refractivity (Wildman–Crippen MR) is 74.8 cm³/mol. The number of carbonyl (C=O) groups excluding carboxylic acids is 1. The van der Waals surface area contributed by atoms with Gasteiger partial charge < -0.3 is 10.1 Å². The van der Waals surface area contributed by atoms with Crippen molar-refractivity contribution >= 4 is 23.5 Å². The third-order valence-corrected chi connectivity index (χ3v) is 2.89. The van der Waals surface area contributed by atoms with Gasteiger partial charge in [0, 0.05) is 18.5 Å². The number of rotatable bonds is 7. The van der Waals surface area contributed by atoms with E-state index in [2.05, 4.69) is 16.2 Å². The van der Waals surface area contributed by atoms with Gasteiger partial charge in [0.05, 0.1) is 12.4 Å². The maximum atomic E-state index is 11.7. The summed E-state index contributed by atoms with van der Waals surface area (Å²) >= 11 is 1.65. The molecule has 0 atom stereocenters. The van der Waals surface area contributed by atoms with Crippen molar-refractivity contribution in [1.29, 1.82) is 0 Å². The van der Waals surface area contributed by atoms with Crippen LogP contribution in [0.25, 0.3) is 0 Å². The SMILES string of the molecule is C#CCSCCNc1ncccc1C(=O)OCC. The Labute approximate surface area is 112 Å². The lowest BCUT2D eigenvalue weighted by atomic mass is 10.2. The highest BCUT2D eigenvalue weighted by atomic mass is 32.2. The predicted octanol–water partition coefficient (Wildman–Crippen LogP) is 2.04. The number of thioether (sulfide) groups is 1. The number of anilines is 1. The third-order valence-electron chi connectivity index (χ3n) is 2.03. The Hall–Kier alpha value is -1.67. The molecule has 1 rings (SSSR count). The number of nitrogens with one attached hydrogen (secondary N) is 1. The molecule has 0 spiro atoms. The lowest BCUT2D eigenvalue weighted by Gasteiger charge is -2.09. The summed E-state index contributed by atoms with van der Waals surface area (Å²) in [5.74, 6) is 4.31. The van der Waals surface area contributed by atoms with E-state index in [1.165, 1.54) is 0 Å². The highest BCUT2D eigenvalue weighted by Crippen LogP contribution is 2.13. The number of terminal acetylenes is 1. The maximum Gasteiger partial charge on any atom is 0.341 e. The van der Waals surface area contributed by atoms with Crippen molar-refractivity contribution in [2.75, 3.05) is 30.0 Å². The fraction of sp³-hybridized carbons (Fsp3) is 0.385. The number of ether oxygens (including phenoxy) is 1. The molecule has 0 aliphatic heterocycles. The minimum atomic E-state index is -0.357. The first-order valence-corrected chi connectivity index (χ1v) is 6.82. The van der Waals surface area contributed by atoms with Crippen molar-refractivity contribution in [3.63, 3.8) is 0 Å². The molecule has 0 fully saturated rings. The molecule has 0 amide bonds. The first-order chi connectivity index (χ1) is 8.79. The smallest absolute Gasteiger partial charge is 0.341 e. The van der Waals surface area contributed by atoms with E-state index < -0.39 is 0 Å². The zero-order valence-electron chi connectivity index (χ0n) is 10.3. The van der Waals surface area contributed by atoms with Crippen LogP contribution in [-0.4, -0.2) is 35.6 Å². The minimum Gasteiger partial charge on any atom is -0.462 e. The molecule has 0 saturated heterocycles. The van der Waals surface area contributed by atoms with Crippen LogP contribution in [-0.2, 0) is 4.74 Å². The van der Waals surface area contributed by atoms with Crippen LogP contribution < -0.4 is 5.32 Å². The van der Waals surface area contributed by atoms with Crippen LogP contribution in [0.5, 0.6) is 0 Å². The molecule has 4 nitrogen and oxygen atoms in total. The Morgan fingerprint density at radius 3 is 3.22 bits per heavy atom. The van der Waals surface area contributed by atoms with Crippen LogP contribution in [0.15, 0.2) is 18.3 Å². The highest BCUT2D eigenvalue weighted by Gasteiger charge is 2.12. The molecule has 5 heteroatoms. The van der Waals surface area contributed by atoms with E-state index in [9.17, 15) is 4.79 Å². The molecule has 18 heavy (non-hydrogen) atoms. The summed E-state index contributed by atoms with van der Waals surface area (Å²) in [7, 11) is 0. The Morgan fingerprint density at radius 1 is 1.67 bits per heavy atom. The molecule has 0 aromatic carbocycles. The Morgan fingerprint density at radius 2 is 2.50 bits per heavy atom. The second-order valence-electron chi connectivity index (χ2n) is 3.30. The molecule has 0 saturated carbocycles. The summed E-state index contributed by atoms with van der Waals surface area (Å²) < 4.78 is 4.96. The molecule has 1 aromatic heterocycles. The molecule has 0 aliphatic rings. The summed E-state index contributed by atoms with van der Waals surface area (Å²) in [6, 6.07) is 3.41. The van der Waals surface area contributed by atoms with Crippen LogP contribution in [0, 0.1) is 12.3 Å². The summed E-state index contributed by atoms with van der Waals surface area (Å²) in [5, 5.41) is 3.11. The molecular formula is C13H16N2O2S. The Balaban J connectivity index is 2.54. The van der Waals surface area contributed by atoms with Crippen LogP contribution >= 0.6 is 11.8 Å². The number of hydrogen-bond donors (Lipinski definition) is 1. The van der Waals surface area contributed by atoms with E-state index in [0.717, 1.165) is 5.75 Å². The topological polar surface area (TPSA) is 51.2 Å². The van der Waals surface area contributed by atoms with Gasteiger partial charge in [-0.15, -0.1) is 18.2 Å². The third kappa shape index (κ3) is 4.68. The summed E-state index contributed by atoms with van der Waals surface area (Å²) in [6.07, 6.45) is 6.79. The van der Waals surface area contributed by atoms with Crippen LogP contribution in [0.1, 0.15) is 17.3 Å². The van der Waals surface area contributed by atoms with Crippen molar-refractivity contribution < 1.29 is 9.53 Å². The van der Waals surface area contributed by atoms with Gasteiger partial charge in [-0.2, -0.15) is 0 Å². The van der Waals surface area contributed by atoms with Crippen molar-refractivity contribution in [3.05, 3.63) is 23.9 Å². The number of pyridine rings is 1. The number of hydrogen-bond acceptors (Lipinski definition) is 5. The van der Waals surface area contributed by atoms with E-state index in [4.69, 9.17) is 11.2 Å². The molecular weight excluding hydrogens is 248 g/mol. The minimum absolute atomic E-state index is 0.352. The van der Waals surface area contributed by atoms with Gasteiger partial charge >= 0.3 is 5.97 Å². The normalized spacial score (nSPS) is 9.56. The maximum absolute atomic E-state index is 11.7. The average Bonchev–Trinajstić information content (AvgIpc) is 2.39. The van der Waals surface area contributed by atoms with Gasteiger partial charge in [-0.1, -0.05) is 5.92 Å². The van der Waals surface area contributed by atoms with E-state index in [-0.39, 0.29) is 5.97 Å². The Bertz CT molecular complexity index is 429. The fourth-order valence-corrected chi connectivity index (χ4v) is 1.80. The van der Waals surface area contributed by atoms with Gasteiger partial charge in [0.25, 0.3) is 0 Å². The number of esters is 1. The molecule has 96 valence electrons. The van der Waals surface area contributed by atoms with Gasteiger partial charge in [0.2, 0.25) is 0 Å². The zero-order valence-corrected chi connectivity index (χ0v) is 11.1. The first kappa shape index (κ1) is 14.4. The van der Waals surface area contributed by atoms with Crippen molar-refractivity contribution in [2.24, 2.45) is 0 Å². The summed E-state index contributed by atoms with van der Waals surface area (Å²) in [4.78, 5) is 15.8. The first-order valence-electron chi connectivity index (χ1n) is 5.66. The van der Waals surface area contributed by atoms with Crippen molar-refractivity contribution in [1.82, 2.24) is 4.98 Å². The van der Waals surface area contributed by atoms with Gasteiger partial charge in [-0.05, 0) is 19.1 Å². The number of aromatic nitrogens is 1.